The van der Waals surface area contributed by atoms with E-state index in [-0.39, 0.29) is 0 Å². The standard InChI is InChI=1S/C15H16N2/c1-2-5-13(6-3-1)8-9-14-15-7-4-11-17(15)12-10-16-14/h1-7,11H,8-10,12H2/p+1. The van der Waals surface area contributed by atoms with Crippen LogP contribution < -0.4 is 4.99 Å². The quantitative estimate of drug-likeness (QED) is 0.804. The highest BCUT2D eigenvalue weighted by molar-refractivity contribution is 5.95. The Hall–Kier alpha value is -1.83. The van der Waals surface area contributed by atoms with Crippen molar-refractivity contribution in [2.75, 3.05) is 6.54 Å². The molecule has 2 nitrogen and oxygen atoms in total. The molecule has 0 saturated heterocycles. The van der Waals surface area contributed by atoms with Crippen molar-refractivity contribution in [3.05, 3.63) is 59.9 Å². The molecule has 0 amide bonds. The SMILES string of the molecule is c1ccc(CCC2=[NH+]CCn3cccc32)cc1. The molecule has 0 fully saturated rings. The Bertz CT molecular complexity index is 523. The van der Waals surface area contributed by atoms with E-state index in [1.165, 1.54) is 17.0 Å². The summed E-state index contributed by atoms with van der Waals surface area (Å²) in [6, 6.07) is 15.0. The van der Waals surface area contributed by atoms with Gasteiger partial charge < -0.3 is 4.57 Å². The number of fused-ring (bicyclic) bond motifs is 1. The van der Waals surface area contributed by atoms with Gasteiger partial charge >= 0.3 is 0 Å². The molecule has 1 aliphatic rings. The largest absolute Gasteiger partial charge is 0.337 e. The maximum Gasteiger partial charge on any atom is 0.198 e. The lowest BCUT2D eigenvalue weighted by Crippen LogP contribution is -2.76. The van der Waals surface area contributed by atoms with Crippen molar-refractivity contribution in [3.63, 3.8) is 0 Å². The average molecular weight is 225 g/mol. The van der Waals surface area contributed by atoms with Gasteiger partial charge in [-0.05, 0) is 24.1 Å². The highest BCUT2D eigenvalue weighted by Gasteiger charge is 2.18. The summed E-state index contributed by atoms with van der Waals surface area (Å²) in [7, 11) is 0. The molecule has 0 unspecified atom stereocenters. The second kappa shape index (κ2) is 4.58. The van der Waals surface area contributed by atoms with Crippen molar-refractivity contribution in [2.24, 2.45) is 0 Å². The van der Waals surface area contributed by atoms with E-state index in [9.17, 15) is 0 Å². The maximum atomic E-state index is 3.53. The van der Waals surface area contributed by atoms with E-state index in [0.29, 0.717) is 0 Å². The number of aryl methyl sites for hydroxylation is 1. The minimum atomic E-state index is 1.05. The van der Waals surface area contributed by atoms with Crippen LogP contribution >= 0.6 is 0 Å². The molecule has 0 spiro atoms. The Morgan fingerprint density at radius 3 is 2.76 bits per heavy atom. The summed E-state index contributed by atoms with van der Waals surface area (Å²) >= 11 is 0. The van der Waals surface area contributed by atoms with Gasteiger partial charge in [-0.1, -0.05) is 30.3 Å². The molecule has 86 valence electrons. The summed E-state index contributed by atoms with van der Waals surface area (Å²) in [5.41, 5.74) is 4.14. The molecule has 1 aromatic carbocycles. The van der Waals surface area contributed by atoms with Crippen LogP contribution in [0.4, 0.5) is 0 Å². The molecule has 0 bridgehead atoms. The van der Waals surface area contributed by atoms with Crippen LogP contribution in [-0.4, -0.2) is 16.8 Å². The van der Waals surface area contributed by atoms with E-state index < -0.39 is 0 Å². The van der Waals surface area contributed by atoms with Gasteiger partial charge in [0.15, 0.2) is 12.3 Å². The van der Waals surface area contributed by atoms with Crippen LogP contribution in [0.5, 0.6) is 0 Å². The van der Waals surface area contributed by atoms with E-state index in [2.05, 4.69) is 58.2 Å². The number of rotatable bonds is 3. The average Bonchev–Trinajstić information content (AvgIpc) is 2.86. The summed E-state index contributed by atoms with van der Waals surface area (Å²) in [5, 5.41) is 0. The van der Waals surface area contributed by atoms with E-state index in [4.69, 9.17) is 0 Å². The van der Waals surface area contributed by atoms with Gasteiger partial charge in [-0.2, -0.15) is 0 Å². The molecule has 17 heavy (non-hydrogen) atoms. The Morgan fingerprint density at radius 1 is 1.00 bits per heavy atom. The first kappa shape index (κ1) is 10.3. The number of nitrogens with one attached hydrogen (secondary N) is 1. The summed E-state index contributed by atoms with van der Waals surface area (Å²) in [5.74, 6) is 0. The second-order valence-electron chi connectivity index (χ2n) is 4.48. The van der Waals surface area contributed by atoms with Crippen LogP contribution in [0.1, 0.15) is 17.7 Å². The van der Waals surface area contributed by atoms with E-state index >= 15 is 0 Å². The van der Waals surface area contributed by atoms with Crippen LogP contribution in [-0.2, 0) is 13.0 Å². The van der Waals surface area contributed by atoms with E-state index in [1.54, 1.807) is 0 Å². The van der Waals surface area contributed by atoms with Crippen molar-refractivity contribution < 1.29 is 4.99 Å². The maximum absolute atomic E-state index is 3.53. The number of nitrogens with zero attached hydrogens (tertiary/aromatic N) is 1. The zero-order valence-electron chi connectivity index (χ0n) is 9.89. The van der Waals surface area contributed by atoms with E-state index in [1.807, 2.05) is 0 Å². The molecule has 3 rings (SSSR count). The fraction of sp³-hybridized carbons (Fsp3) is 0.267. The monoisotopic (exact) mass is 225 g/mol. The summed E-state index contributed by atoms with van der Waals surface area (Å²) in [6.07, 6.45) is 4.36. The van der Waals surface area contributed by atoms with Gasteiger partial charge in [0, 0.05) is 12.6 Å². The van der Waals surface area contributed by atoms with Gasteiger partial charge in [0.05, 0.1) is 6.54 Å². The third-order valence-electron chi connectivity index (χ3n) is 3.34. The lowest BCUT2D eigenvalue weighted by atomic mass is 10.0. The van der Waals surface area contributed by atoms with Gasteiger partial charge in [0.2, 0.25) is 0 Å². The van der Waals surface area contributed by atoms with Crippen LogP contribution in [0, 0.1) is 0 Å². The van der Waals surface area contributed by atoms with Gasteiger partial charge in [0.25, 0.3) is 0 Å². The molecular formula is C15H17N2+. The number of hydrogen-bond donors (Lipinski definition) is 1. The van der Waals surface area contributed by atoms with Gasteiger partial charge in [-0.3, -0.25) is 0 Å². The smallest absolute Gasteiger partial charge is 0.198 e. The Balaban J connectivity index is 1.73. The molecule has 2 heteroatoms. The van der Waals surface area contributed by atoms with Gasteiger partial charge in [-0.15, -0.1) is 0 Å². The minimum absolute atomic E-state index is 1.05. The van der Waals surface area contributed by atoms with Crippen molar-refractivity contribution >= 4 is 5.71 Å². The number of aromatic nitrogens is 1. The fourth-order valence-corrected chi connectivity index (χ4v) is 2.43. The molecule has 1 N–H and O–H groups in total. The van der Waals surface area contributed by atoms with Crippen molar-refractivity contribution in [2.45, 2.75) is 19.4 Å². The van der Waals surface area contributed by atoms with Crippen LogP contribution in [0.15, 0.2) is 48.7 Å². The molecule has 0 atom stereocenters. The highest BCUT2D eigenvalue weighted by Crippen LogP contribution is 2.09. The number of benzene rings is 1. The molecule has 0 radical (unpaired) electrons. The van der Waals surface area contributed by atoms with Crippen molar-refractivity contribution in [1.82, 2.24) is 4.57 Å². The Labute approximate surface area is 102 Å². The predicted molar refractivity (Wildman–Crippen MR) is 69.1 cm³/mol. The fourth-order valence-electron chi connectivity index (χ4n) is 2.43. The van der Waals surface area contributed by atoms with Crippen LogP contribution in [0.3, 0.4) is 0 Å². The topological polar surface area (TPSA) is 18.9 Å². The summed E-state index contributed by atoms with van der Waals surface area (Å²) in [6.45, 7) is 2.13. The Kier molecular flexibility index (Phi) is 2.78. The van der Waals surface area contributed by atoms with Crippen molar-refractivity contribution in [1.29, 1.82) is 0 Å². The van der Waals surface area contributed by atoms with Crippen LogP contribution in [0.25, 0.3) is 0 Å². The summed E-state index contributed by atoms with van der Waals surface area (Å²) in [4.78, 5) is 3.53. The normalized spacial score (nSPS) is 14.2. The van der Waals surface area contributed by atoms with Gasteiger partial charge in [0.1, 0.15) is 5.69 Å². The molecule has 0 aliphatic carbocycles. The third-order valence-corrected chi connectivity index (χ3v) is 3.34. The molecule has 1 aliphatic heterocycles. The van der Waals surface area contributed by atoms with Crippen molar-refractivity contribution in [3.8, 4) is 0 Å². The zero-order valence-corrected chi connectivity index (χ0v) is 9.89. The lowest BCUT2D eigenvalue weighted by Gasteiger charge is -2.11. The first-order valence-electron chi connectivity index (χ1n) is 6.22. The molecule has 1 aromatic heterocycles. The third kappa shape index (κ3) is 2.16. The second-order valence-corrected chi connectivity index (χ2v) is 4.48. The zero-order chi connectivity index (χ0) is 11.5. The van der Waals surface area contributed by atoms with E-state index in [0.717, 1.165) is 25.9 Å². The first-order valence-corrected chi connectivity index (χ1v) is 6.22. The highest BCUT2D eigenvalue weighted by atomic mass is 15.0. The minimum Gasteiger partial charge on any atom is -0.337 e. The predicted octanol–water partition coefficient (Wildman–Crippen LogP) is 1.00. The molecule has 0 saturated carbocycles. The number of hydrogen-bond acceptors (Lipinski definition) is 0. The lowest BCUT2D eigenvalue weighted by molar-refractivity contribution is -0.463. The van der Waals surface area contributed by atoms with Gasteiger partial charge in [-0.25, -0.2) is 4.99 Å². The molecule has 2 aromatic rings. The summed E-state index contributed by atoms with van der Waals surface area (Å²) < 4.78 is 2.33. The first-order chi connectivity index (χ1) is 8.43. The van der Waals surface area contributed by atoms with Crippen LogP contribution in [0.2, 0.25) is 0 Å². The molecule has 2 heterocycles. The Morgan fingerprint density at radius 2 is 1.88 bits per heavy atom. The molecular weight excluding hydrogens is 208 g/mol.